The van der Waals surface area contributed by atoms with E-state index in [0.717, 1.165) is 12.5 Å². The van der Waals surface area contributed by atoms with Gasteiger partial charge in [-0.3, -0.25) is 4.90 Å². The van der Waals surface area contributed by atoms with Crippen molar-refractivity contribution in [2.75, 3.05) is 19.6 Å². The second-order valence-electron chi connectivity index (χ2n) is 6.64. The van der Waals surface area contributed by atoms with Crippen molar-refractivity contribution in [3.05, 3.63) is 35.4 Å². The molecule has 2 nitrogen and oxygen atoms in total. The molecule has 0 aromatic heterocycles. The Kier molecular flexibility index (Phi) is 5.62. The molecule has 2 atom stereocenters. The maximum atomic E-state index is 6.08. The molecular formula is C18H30N2. The van der Waals surface area contributed by atoms with Gasteiger partial charge in [0.2, 0.25) is 0 Å². The lowest BCUT2D eigenvalue weighted by Crippen LogP contribution is -2.34. The summed E-state index contributed by atoms with van der Waals surface area (Å²) in [5.41, 5.74) is 8.87. The summed E-state index contributed by atoms with van der Waals surface area (Å²) in [5.74, 6) is 1.46. The van der Waals surface area contributed by atoms with E-state index in [0.29, 0.717) is 12.0 Å². The van der Waals surface area contributed by atoms with Crippen molar-refractivity contribution in [1.29, 1.82) is 0 Å². The number of benzene rings is 1. The highest BCUT2D eigenvalue weighted by Crippen LogP contribution is 2.26. The number of likely N-dealkylation sites (tertiary alicyclic amines) is 1. The second-order valence-corrected chi connectivity index (χ2v) is 6.64. The second kappa shape index (κ2) is 7.24. The van der Waals surface area contributed by atoms with E-state index in [-0.39, 0.29) is 0 Å². The summed E-state index contributed by atoms with van der Waals surface area (Å²) in [6.07, 6.45) is 3.97. The van der Waals surface area contributed by atoms with E-state index in [4.69, 9.17) is 5.73 Å². The molecule has 2 heteroatoms. The molecule has 1 saturated heterocycles. The Labute approximate surface area is 124 Å². The van der Waals surface area contributed by atoms with Crippen LogP contribution in [0.5, 0.6) is 0 Å². The average Bonchev–Trinajstić information content (AvgIpc) is 2.65. The van der Waals surface area contributed by atoms with Crippen molar-refractivity contribution in [2.24, 2.45) is 11.7 Å². The predicted octanol–water partition coefficient (Wildman–Crippen LogP) is 3.93. The molecule has 2 N–H and O–H groups in total. The minimum Gasteiger partial charge on any atom is -0.329 e. The van der Waals surface area contributed by atoms with Crippen molar-refractivity contribution in [3.8, 4) is 0 Å². The minimum absolute atomic E-state index is 0.390. The number of nitrogens with two attached hydrogens (primary N) is 1. The molecule has 20 heavy (non-hydrogen) atoms. The Morgan fingerprint density at radius 1 is 1.10 bits per heavy atom. The van der Waals surface area contributed by atoms with Crippen LogP contribution in [0.3, 0.4) is 0 Å². The zero-order valence-corrected chi connectivity index (χ0v) is 13.3. The lowest BCUT2D eigenvalue weighted by molar-refractivity contribution is 0.207. The van der Waals surface area contributed by atoms with Crippen LogP contribution in [0, 0.1) is 5.92 Å². The molecule has 1 aliphatic heterocycles. The van der Waals surface area contributed by atoms with Gasteiger partial charge in [0.25, 0.3) is 0 Å². The van der Waals surface area contributed by atoms with Crippen LogP contribution in [0.1, 0.15) is 63.1 Å². The summed E-state index contributed by atoms with van der Waals surface area (Å²) in [5, 5.41) is 0. The van der Waals surface area contributed by atoms with E-state index < -0.39 is 0 Å². The normalized spacial score (nSPS) is 22.8. The predicted molar refractivity (Wildman–Crippen MR) is 86.9 cm³/mol. The SMILES string of the molecule is CC1CCCN(C(CN)c2ccc(C(C)C)cc2)CC1. The molecule has 1 fully saturated rings. The summed E-state index contributed by atoms with van der Waals surface area (Å²) in [6, 6.07) is 9.48. The molecule has 0 radical (unpaired) electrons. The van der Waals surface area contributed by atoms with Gasteiger partial charge in [0.1, 0.15) is 0 Å². The minimum atomic E-state index is 0.390. The molecule has 0 spiro atoms. The molecule has 1 aromatic carbocycles. The quantitative estimate of drug-likeness (QED) is 0.901. The standard InChI is InChI=1S/C18H30N2/c1-14(2)16-6-8-17(9-7-16)18(13-19)20-11-4-5-15(3)10-12-20/h6-9,14-15,18H,4-5,10-13,19H2,1-3H3. The van der Waals surface area contributed by atoms with Crippen molar-refractivity contribution < 1.29 is 0 Å². The van der Waals surface area contributed by atoms with Gasteiger partial charge in [0.05, 0.1) is 0 Å². The molecule has 0 bridgehead atoms. The Morgan fingerprint density at radius 3 is 2.35 bits per heavy atom. The molecule has 0 saturated carbocycles. The highest BCUT2D eigenvalue weighted by atomic mass is 15.2. The van der Waals surface area contributed by atoms with Gasteiger partial charge in [-0.05, 0) is 55.3 Å². The fourth-order valence-corrected chi connectivity index (χ4v) is 3.20. The van der Waals surface area contributed by atoms with E-state index >= 15 is 0 Å². The zero-order chi connectivity index (χ0) is 14.5. The molecular weight excluding hydrogens is 244 g/mol. The Balaban J connectivity index is 2.10. The first kappa shape index (κ1) is 15.5. The van der Waals surface area contributed by atoms with Crippen LogP contribution in [0.25, 0.3) is 0 Å². The van der Waals surface area contributed by atoms with E-state index in [9.17, 15) is 0 Å². The van der Waals surface area contributed by atoms with Crippen molar-refractivity contribution in [3.63, 3.8) is 0 Å². The maximum absolute atomic E-state index is 6.08. The number of nitrogens with zero attached hydrogens (tertiary/aromatic N) is 1. The first-order chi connectivity index (χ1) is 9.61. The third-order valence-corrected chi connectivity index (χ3v) is 4.70. The fourth-order valence-electron chi connectivity index (χ4n) is 3.20. The van der Waals surface area contributed by atoms with Crippen LogP contribution in [0.15, 0.2) is 24.3 Å². The summed E-state index contributed by atoms with van der Waals surface area (Å²) >= 11 is 0. The molecule has 1 aromatic rings. The van der Waals surface area contributed by atoms with Crippen LogP contribution >= 0.6 is 0 Å². The zero-order valence-electron chi connectivity index (χ0n) is 13.3. The topological polar surface area (TPSA) is 29.3 Å². The van der Waals surface area contributed by atoms with E-state index in [1.54, 1.807) is 0 Å². The highest BCUT2D eigenvalue weighted by Gasteiger charge is 2.22. The van der Waals surface area contributed by atoms with Crippen molar-refractivity contribution in [2.45, 2.75) is 52.0 Å². The Hall–Kier alpha value is -0.860. The van der Waals surface area contributed by atoms with Gasteiger partial charge >= 0.3 is 0 Å². The third kappa shape index (κ3) is 3.83. The molecule has 1 heterocycles. The first-order valence-corrected chi connectivity index (χ1v) is 8.15. The summed E-state index contributed by atoms with van der Waals surface area (Å²) < 4.78 is 0. The van der Waals surface area contributed by atoms with Gasteiger partial charge in [-0.2, -0.15) is 0 Å². The first-order valence-electron chi connectivity index (χ1n) is 8.15. The Morgan fingerprint density at radius 2 is 1.75 bits per heavy atom. The summed E-state index contributed by atoms with van der Waals surface area (Å²) in [6.45, 7) is 9.96. The van der Waals surface area contributed by atoms with Gasteiger partial charge in [-0.15, -0.1) is 0 Å². The highest BCUT2D eigenvalue weighted by molar-refractivity contribution is 5.27. The van der Waals surface area contributed by atoms with Gasteiger partial charge in [0.15, 0.2) is 0 Å². The van der Waals surface area contributed by atoms with Crippen LogP contribution in [-0.4, -0.2) is 24.5 Å². The average molecular weight is 274 g/mol. The van der Waals surface area contributed by atoms with Crippen molar-refractivity contribution >= 4 is 0 Å². The molecule has 112 valence electrons. The largest absolute Gasteiger partial charge is 0.329 e. The monoisotopic (exact) mass is 274 g/mol. The smallest absolute Gasteiger partial charge is 0.0470 e. The lowest BCUT2D eigenvalue weighted by atomic mass is 9.98. The van der Waals surface area contributed by atoms with Crippen LogP contribution in [0.4, 0.5) is 0 Å². The van der Waals surface area contributed by atoms with Crippen molar-refractivity contribution in [1.82, 2.24) is 4.90 Å². The molecule has 2 unspecified atom stereocenters. The van der Waals surface area contributed by atoms with Gasteiger partial charge in [-0.25, -0.2) is 0 Å². The molecule has 0 amide bonds. The molecule has 2 rings (SSSR count). The number of hydrogen-bond acceptors (Lipinski definition) is 2. The fraction of sp³-hybridized carbons (Fsp3) is 0.667. The van der Waals surface area contributed by atoms with Crippen LogP contribution < -0.4 is 5.73 Å². The number of hydrogen-bond donors (Lipinski definition) is 1. The molecule has 1 aliphatic rings. The van der Waals surface area contributed by atoms with Gasteiger partial charge in [-0.1, -0.05) is 45.0 Å². The molecule has 0 aliphatic carbocycles. The lowest BCUT2D eigenvalue weighted by Gasteiger charge is -2.30. The van der Waals surface area contributed by atoms with Crippen LogP contribution in [-0.2, 0) is 0 Å². The van der Waals surface area contributed by atoms with Gasteiger partial charge in [0, 0.05) is 12.6 Å². The van der Waals surface area contributed by atoms with Gasteiger partial charge < -0.3 is 5.73 Å². The van der Waals surface area contributed by atoms with E-state index in [2.05, 4.69) is 49.9 Å². The Bertz CT molecular complexity index is 396. The summed E-state index contributed by atoms with van der Waals surface area (Å²) in [4.78, 5) is 2.59. The number of rotatable bonds is 4. The van der Waals surface area contributed by atoms with E-state index in [1.807, 2.05) is 0 Å². The maximum Gasteiger partial charge on any atom is 0.0470 e. The summed E-state index contributed by atoms with van der Waals surface area (Å²) in [7, 11) is 0. The van der Waals surface area contributed by atoms with E-state index in [1.165, 1.54) is 43.5 Å². The van der Waals surface area contributed by atoms with Crippen LogP contribution in [0.2, 0.25) is 0 Å². The third-order valence-electron chi connectivity index (χ3n) is 4.70.